The number of aromatic amines is 1. The van der Waals surface area contributed by atoms with Crippen LogP contribution in [-0.4, -0.2) is 29.7 Å². The van der Waals surface area contributed by atoms with Gasteiger partial charge in [-0.25, -0.2) is 15.0 Å². The molecule has 0 spiro atoms. The van der Waals surface area contributed by atoms with Crippen LogP contribution in [-0.2, 0) is 5.54 Å². The first-order valence-electron chi connectivity index (χ1n) is 10.4. The number of aromatic nitrogens is 6. The Morgan fingerprint density at radius 3 is 2.39 bits per heavy atom. The van der Waals surface area contributed by atoms with E-state index in [4.69, 9.17) is 20.7 Å². The number of H-pyrrole nitrogens is 1. The lowest BCUT2D eigenvalue weighted by Gasteiger charge is -2.38. The fourth-order valence-corrected chi connectivity index (χ4v) is 4.20. The molecular formula is C24H21N7. The van der Waals surface area contributed by atoms with Gasteiger partial charge in [0.25, 0.3) is 0 Å². The Hall–Kier alpha value is -3.84. The second kappa shape index (κ2) is 6.85. The van der Waals surface area contributed by atoms with E-state index < -0.39 is 0 Å². The Balaban J connectivity index is 1.53. The van der Waals surface area contributed by atoms with Crippen molar-refractivity contribution in [1.82, 2.24) is 29.7 Å². The summed E-state index contributed by atoms with van der Waals surface area (Å²) in [4.78, 5) is 14.3. The molecule has 0 aliphatic heterocycles. The van der Waals surface area contributed by atoms with Crippen LogP contribution in [0.4, 0.5) is 0 Å². The van der Waals surface area contributed by atoms with Gasteiger partial charge in [-0.3, -0.25) is 9.67 Å². The van der Waals surface area contributed by atoms with E-state index in [1.165, 1.54) is 12.0 Å². The Labute approximate surface area is 179 Å². The third-order valence-electron chi connectivity index (χ3n) is 6.14. The molecule has 1 saturated carbocycles. The standard InChI is InChI=1S/C24H21N7/c25-24(11-4-12-24)18-7-9-19(10-8-18)31-22(16-5-2-1-3-6-16)30-21-23(31)26-15-20(29-21)17-13-27-28-14-17/h1-3,5-10,13-15H,4,11-12,25H2,(H,27,28). The molecule has 1 aliphatic rings. The molecule has 31 heavy (non-hydrogen) atoms. The molecular weight excluding hydrogens is 386 g/mol. The number of imidazole rings is 1. The van der Waals surface area contributed by atoms with Gasteiger partial charge in [0, 0.05) is 28.6 Å². The van der Waals surface area contributed by atoms with Gasteiger partial charge in [-0.05, 0) is 37.0 Å². The smallest absolute Gasteiger partial charge is 0.199 e. The first kappa shape index (κ1) is 18.0. The molecule has 7 heteroatoms. The summed E-state index contributed by atoms with van der Waals surface area (Å²) < 4.78 is 2.06. The van der Waals surface area contributed by atoms with E-state index in [0.29, 0.717) is 11.3 Å². The van der Waals surface area contributed by atoms with Crippen molar-refractivity contribution in [1.29, 1.82) is 0 Å². The second-order valence-electron chi connectivity index (χ2n) is 8.08. The number of nitrogens with two attached hydrogens (primary N) is 1. The molecule has 3 N–H and O–H groups in total. The number of benzene rings is 2. The minimum atomic E-state index is -0.183. The maximum atomic E-state index is 6.52. The van der Waals surface area contributed by atoms with Crippen LogP contribution in [0.25, 0.3) is 39.6 Å². The van der Waals surface area contributed by atoms with Crippen LogP contribution in [0.1, 0.15) is 24.8 Å². The molecule has 0 amide bonds. The highest BCUT2D eigenvalue weighted by atomic mass is 15.2. The zero-order valence-corrected chi connectivity index (χ0v) is 16.9. The van der Waals surface area contributed by atoms with Crippen molar-refractivity contribution < 1.29 is 0 Å². The molecule has 1 fully saturated rings. The van der Waals surface area contributed by atoms with Gasteiger partial charge in [0.05, 0.1) is 18.1 Å². The van der Waals surface area contributed by atoms with Gasteiger partial charge in [-0.2, -0.15) is 5.10 Å². The molecule has 1 aliphatic carbocycles. The van der Waals surface area contributed by atoms with Crippen molar-refractivity contribution in [2.24, 2.45) is 5.73 Å². The molecule has 7 nitrogen and oxygen atoms in total. The Morgan fingerprint density at radius 2 is 1.71 bits per heavy atom. The number of hydrogen-bond acceptors (Lipinski definition) is 5. The molecule has 0 radical (unpaired) electrons. The third-order valence-corrected chi connectivity index (χ3v) is 6.14. The summed E-state index contributed by atoms with van der Waals surface area (Å²) in [5.41, 5.74) is 12.4. The van der Waals surface area contributed by atoms with Crippen LogP contribution in [0.2, 0.25) is 0 Å². The van der Waals surface area contributed by atoms with Gasteiger partial charge in [0.1, 0.15) is 5.82 Å². The van der Waals surface area contributed by atoms with E-state index in [1.54, 1.807) is 18.6 Å². The highest BCUT2D eigenvalue weighted by molar-refractivity contribution is 5.79. The summed E-state index contributed by atoms with van der Waals surface area (Å²) in [5.74, 6) is 0.804. The topological polar surface area (TPSA) is 98.3 Å². The second-order valence-corrected chi connectivity index (χ2v) is 8.08. The summed E-state index contributed by atoms with van der Waals surface area (Å²) in [7, 11) is 0. The zero-order valence-electron chi connectivity index (χ0n) is 16.9. The predicted octanol–water partition coefficient (Wildman–Crippen LogP) is 4.21. The molecule has 2 aromatic carbocycles. The molecule has 152 valence electrons. The molecule has 3 heterocycles. The normalized spacial score (nSPS) is 15.1. The Bertz CT molecular complexity index is 1350. The van der Waals surface area contributed by atoms with Crippen molar-refractivity contribution in [3.8, 4) is 28.3 Å². The van der Waals surface area contributed by atoms with Gasteiger partial charge >= 0.3 is 0 Å². The third kappa shape index (κ3) is 2.93. The van der Waals surface area contributed by atoms with Gasteiger partial charge in [-0.15, -0.1) is 0 Å². The van der Waals surface area contributed by atoms with Crippen molar-refractivity contribution in [3.63, 3.8) is 0 Å². The summed E-state index contributed by atoms with van der Waals surface area (Å²) in [6.07, 6.45) is 8.56. The minimum absolute atomic E-state index is 0.183. The summed E-state index contributed by atoms with van der Waals surface area (Å²) in [6.45, 7) is 0. The highest BCUT2D eigenvalue weighted by Gasteiger charge is 2.34. The molecule has 3 aromatic heterocycles. The fourth-order valence-electron chi connectivity index (χ4n) is 4.20. The maximum Gasteiger partial charge on any atom is 0.199 e. The maximum absolute atomic E-state index is 6.52. The molecule has 0 saturated heterocycles. The van der Waals surface area contributed by atoms with Gasteiger partial charge < -0.3 is 5.73 Å². The van der Waals surface area contributed by atoms with Crippen molar-refractivity contribution in [2.75, 3.05) is 0 Å². The van der Waals surface area contributed by atoms with E-state index in [-0.39, 0.29) is 5.54 Å². The number of rotatable bonds is 4. The van der Waals surface area contributed by atoms with E-state index >= 15 is 0 Å². The van der Waals surface area contributed by atoms with Crippen LogP contribution in [0.5, 0.6) is 0 Å². The first-order valence-corrected chi connectivity index (χ1v) is 10.4. The largest absolute Gasteiger partial charge is 0.321 e. The van der Waals surface area contributed by atoms with E-state index in [1.807, 2.05) is 30.3 Å². The van der Waals surface area contributed by atoms with E-state index in [0.717, 1.165) is 41.2 Å². The molecule has 0 bridgehead atoms. The number of nitrogens with one attached hydrogen (secondary N) is 1. The average molecular weight is 407 g/mol. The fraction of sp³-hybridized carbons (Fsp3) is 0.167. The van der Waals surface area contributed by atoms with Crippen molar-refractivity contribution >= 4 is 11.3 Å². The lowest BCUT2D eigenvalue weighted by Crippen LogP contribution is -2.43. The average Bonchev–Trinajstić information content (AvgIpc) is 3.46. The summed E-state index contributed by atoms with van der Waals surface area (Å²) >= 11 is 0. The number of nitrogens with zero attached hydrogens (tertiary/aromatic N) is 5. The van der Waals surface area contributed by atoms with Crippen LogP contribution in [0.3, 0.4) is 0 Å². The molecule has 0 unspecified atom stereocenters. The highest BCUT2D eigenvalue weighted by Crippen LogP contribution is 2.39. The monoisotopic (exact) mass is 407 g/mol. The van der Waals surface area contributed by atoms with E-state index in [2.05, 4.69) is 39.0 Å². The van der Waals surface area contributed by atoms with Crippen LogP contribution < -0.4 is 5.73 Å². The molecule has 5 aromatic rings. The first-order chi connectivity index (χ1) is 15.2. The number of fused-ring (bicyclic) bond motifs is 1. The van der Waals surface area contributed by atoms with Gasteiger partial charge in [0.2, 0.25) is 0 Å². The van der Waals surface area contributed by atoms with Crippen LogP contribution in [0.15, 0.2) is 73.2 Å². The van der Waals surface area contributed by atoms with E-state index in [9.17, 15) is 0 Å². The lowest BCUT2D eigenvalue weighted by molar-refractivity contribution is 0.253. The Morgan fingerprint density at radius 1 is 0.903 bits per heavy atom. The Kier molecular flexibility index (Phi) is 3.97. The SMILES string of the molecule is NC1(c2ccc(-n3c(-c4ccccc4)nc4nc(-c5cn[nH]c5)cnc43)cc2)CCC1. The van der Waals surface area contributed by atoms with Crippen molar-refractivity contribution in [3.05, 3.63) is 78.8 Å². The summed E-state index contributed by atoms with van der Waals surface area (Å²) in [5, 5.41) is 6.83. The van der Waals surface area contributed by atoms with Crippen LogP contribution >= 0.6 is 0 Å². The van der Waals surface area contributed by atoms with Gasteiger partial charge in [0.15, 0.2) is 11.3 Å². The quantitative estimate of drug-likeness (QED) is 0.465. The van der Waals surface area contributed by atoms with Crippen molar-refractivity contribution in [2.45, 2.75) is 24.8 Å². The van der Waals surface area contributed by atoms with Crippen LogP contribution in [0, 0.1) is 0 Å². The lowest BCUT2D eigenvalue weighted by atomic mass is 9.73. The zero-order chi connectivity index (χ0) is 20.8. The number of hydrogen-bond donors (Lipinski definition) is 2. The predicted molar refractivity (Wildman–Crippen MR) is 119 cm³/mol. The minimum Gasteiger partial charge on any atom is -0.321 e. The summed E-state index contributed by atoms with van der Waals surface area (Å²) in [6, 6.07) is 18.6. The molecule has 0 atom stereocenters. The van der Waals surface area contributed by atoms with Gasteiger partial charge in [-0.1, -0.05) is 42.5 Å². The molecule has 6 rings (SSSR count).